The maximum atomic E-state index is 12.3. The molecule has 94 valence electrons. The Morgan fingerprint density at radius 1 is 1.19 bits per heavy atom. The second-order valence-corrected chi connectivity index (χ2v) is 6.46. The van der Waals surface area contributed by atoms with E-state index in [1.165, 1.54) is 0 Å². The molecule has 6 heteroatoms. The molecule has 2 saturated heterocycles. The molecule has 2 heterocycles. The van der Waals surface area contributed by atoms with Crippen molar-refractivity contribution >= 4 is 10.2 Å². The van der Waals surface area contributed by atoms with E-state index in [2.05, 4.69) is 5.32 Å². The Balaban J connectivity index is 2.09. The molecule has 5 nitrogen and oxygen atoms in total. The van der Waals surface area contributed by atoms with Crippen LogP contribution in [0.15, 0.2) is 0 Å². The van der Waals surface area contributed by atoms with Crippen LogP contribution in [0.5, 0.6) is 0 Å². The maximum Gasteiger partial charge on any atom is 0.282 e. The van der Waals surface area contributed by atoms with Crippen LogP contribution in [0.25, 0.3) is 0 Å². The fourth-order valence-corrected chi connectivity index (χ4v) is 4.55. The molecule has 2 fully saturated rings. The van der Waals surface area contributed by atoms with Crippen LogP contribution in [-0.2, 0) is 10.2 Å². The van der Waals surface area contributed by atoms with Crippen molar-refractivity contribution in [2.24, 2.45) is 0 Å². The molecular formula is C10H21N3O2S. The largest absolute Gasteiger partial charge is 0.318 e. The van der Waals surface area contributed by atoms with Gasteiger partial charge in [0.2, 0.25) is 0 Å². The Kier molecular flexibility index (Phi) is 3.84. The zero-order chi connectivity index (χ0) is 11.6. The van der Waals surface area contributed by atoms with Gasteiger partial charge in [0, 0.05) is 32.2 Å². The number of hydrogen-bond donors (Lipinski definition) is 1. The van der Waals surface area contributed by atoms with E-state index in [9.17, 15) is 8.42 Å². The minimum absolute atomic E-state index is 0.149. The molecule has 2 rings (SSSR count). The quantitative estimate of drug-likeness (QED) is 0.761. The third-order valence-electron chi connectivity index (χ3n) is 3.45. The van der Waals surface area contributed by atoms with Crippen molar-refractivity contribution < 1.29 is 8.42 Å². The van der Waals surface area contributed by atoms with Gasteiger partial charge in [0.05, 0.1) is 0 Å². The summed E-state index contributed by atoms with van der Waals surface area (Å²) in [6, 6.07) is 0.149. The average molecular weight is 247 g/mol. The third kappa shape index (κ3) is 2.25. The molecule has 1 N–H and O–H groups in total. The van der Waals surface area contributed by atoms with Gasteiger partial charge in [-0.25, -0.2) is 0 Å². The van der Waals surface area contributed by atoms with Gasteiger partial charge in [-0.1, -0.05) is 0 Å². The summed E-state index contributed by atoms with van der Waals surface area (Å²) in [7, 11) is -1.31. The normalized spacial score (nSPS) is 28.9. The van der Waals surface area contributed by atoms with Gasteiger partial charge >= 0.3 is 0 Å². The topological polar surface area (TPSA) is 52.7 Å². The van der Waals surface area contributed by atoms with E-state index in [0.29, 0.717) is 19.6 Å². The highest BCUT2D eigenvalue weighted by atomic mass is 32.2. The summed E-state index contributed by atoms with van der Waals surface area (Å²) in [6.45, 7) is 2.84. The first-order valence-corrected chi connectivity index (χ1v) is 7.47. The molecule has 0 aromatic rings. The minimum Gasteiger partial charge on any atom is -0.318 e. The highest BCUT2D eigenvalue weighted by Gasteiger charge is 2.38. The number of hydrogen-bond acceptors (Lipinski definition) is 3. The number of nitrogens with one attached hydrogen (secondary N) is 1. The Morgan fingerprint density at radius 3 is 2.50 bits per heavy atom. The van der Waals surface area contributed by atoms with Crippen molar-refractivity contribution in [1.82, 2.24) is 13.9 Å². The van der Waals surface area contributed by atoms with Crippen LogP contribution in [0.3, 0.4) is 0 Å². The lowest BCUT2D eigenvalue weighted by molar-refractivity contribution is 0.339. The second kappa shape index (κ2) is 5.00. The Bertz CT molecular complexity index is 325. The first kappa shape index (κ1) is 12.3. The summed E-state index contributed by atoms with van der Waals surface area (Å²) in [6.07, 6.45) is 3.97. The summed E-state index contributed by atoms with van der Waals surface area (Å²) in [5.74, 6) is 0. The fraction of sp³-hybridized carbons (Fsp3) is 1.00. The van der Waals surface area contributed by atoms with Crippen molar-refractivity contribution in [3.05, 3.63) is 0 Å². The van der Waals surface area contributed by atoms with Gasteiger partial charge < -0.3 is 5.32 Å². The summed E-state index contributed by atoms with van der Waals surface area (Å²) < 4.78 is 28.0. The summed E-state index contributed by atoms with van der Waals surface area (Å²) in [4.78, 5) is 0. The predicted octanol–water partition coefficient (Wildman–Crippen LogP) is 0.0108. The zero-order valence-corrected chi connectivity index (χ0v) is 10.7. The van der Waals surface area contributed by atoms with Crippen LogP contribution in [0.4, 0.5) is 0 Å². The zero-order valence-electron chi connectivity index (χ0n) is 9.85. The average Bonchev–Trinajstić information content (AvgIpc) is 2.88. The van der Waals surface area contributed by atoms with Crippen molar-refractivity contribution in [2.45, 2.75) is 31.7 Å². The molecule has 1 unspecified atom stereocenters. The molecule has 0 bridgehead atoms. The van der Waals surface area contributed by atoms with E-state index < -0.39 is 10.2 Å². The standard InChI is InChI=1S/C10H21N3O2S/c1-11-9-10-5-4-8-13(10)16(14,15)12-6-2-3-7-12/h10-11H,2-9H2,1H3. The number of nitrogens with zero attached hydrogens (tertiary/aromatic N) is 2. The Morgan fingerprint density at radius 2 is 1.88 bits per heavy atom. The van der Waals surface area contributed by atoms with Crippen LogP contribution >= 0.6 is 0 Å². The summed E-state index contributed by atoms with van der Waals surface area (Å²) in [5, 5.41) is 3.08. The van der Waals surface area contributed by atoms with Gasteiger partial charge in [0.25, 0.3) is 10.2 Å². The van der Waals surface area contributed by atoms with Gasteiger partial charge in [0.15, 0.2) is 0 Å². The highest BCUT2D eigenvalue weighted by Crippen LogP contribution is 2.25. The number of likely N-dealkylation sites (N-methyl/N-ethyl adjacent to an activating group) is 1. The molecule has 2 aliphatic rings. The van der Waals surface area contributed by atoms with Gasteiger partial charge in [-0.05, 0) is 32.7 Å². The Hall–Kier alpha value is -0.170. The molecule has 2 aliphatic heterocycles. The molecule has 0 aliphatic carbocycles. The van der Waals surface area contributed by atoms with E-state index in [4.69, 9.17) is 0 Å². The van der Waals surface area contributed by atoms with Crippen LogP contribution in [0, 0.1) is 0 Å². The van der Waals surface area contributed by atoms with Gasteiger partial charge in [-0.15, -0.1) is 0 Å². The van der Waals surface area contributed by atoms with E-state index in [1.807, 2.05) is 7.05 Å². The van der Waals surface area contributed by atoms with Crippen molar-refractivity contribution in [1.29, 1.82) is 0 Å². The molecule has 0 aromatic carbocycles. The fourth-order valence-electron chi connectivity index (χ4n) is 2.62. The van der Waals surface area contributed by atoms with Crippen LogP contribution in [-0.4, -0.2) is 56.3 Å². The molecule has 0 spiro atoms. The maximum absolute atomic E-state index is 12.3. The molecule has 0 saturated carbocycles. The van der Waals surface area contributed by atoms with Crippen molar-refractivity contribution in [3.63, 3.8) is 0 Å². The lowest BCUT2D eigenvalue weighted by atomic mass is 10.2. The minimum atomic E-state index is -3.18. The van der Waals surface area contributed by atoms with Crippen molar-refractivity contribution in [3.8, 4) is 0 Å². The second-order valence-electron chi connectivity index (χ2n) is 4.58. The third-order valence-corrected chi connectivity index (χ3v) is 5.54. The SMILES string of the molecule is CNCC1CCCN1S(=O)(=O)N1CCCC1. The van der Waals surface area contributed by atoms with Gasteiger partial charge in [-0.3, -0.25) is 0 Å². The van der Waals surface area contributed by atoms with E-state index >= 15 is 0 Å². The smallest absolute Gasteiger partial charge is 0.282 e. The number of rotatable bonds is 4. The molecular weight excluding hydrogens is 226 g/mol. The van der Waals surface area contributed by atoms with Gasteiger partial charge in [0.1, 0.15) is 0 Å². The monoisotopic (exact) mass is 247 g/mol. The first-order valence-electron chi connectivity index (χ1n) is 6.08. The van der Waals surface area contributed by atoms with Crippen LogP contribution < -0.4 is 5.32 Å². The van der Waals surface area contributed by atoms with Crippen molar-refractivity contribution in [2.75, 3.05) is 33.2 Å². The predicted molar refractivity (Wildman–Crippen MR) is 63.4 cm³/mol. The molecule has 16 heavy (non-hydrogen) atoms. The molecule has 0 amide bonds. The van der Waals surface area contributed by atoms with Gasteiger partial charge in [-0.2, -0.15) is 17.0 Å². The highest BCUT2D eigenvalue weighted by molar-refractivity contribution is 7.86. The lowest BCUT2D eigenvalue weighted by Crippen LogP contribution is -2.47. The molecule has 0 aromatic heterocycles. The van der Waals surface area contributed by atoms with E-state index in [0.717, 1.165) is 32.2 Å². The van der Waals surface area contributed by atoms with Crippen LogP contribution in [0.1, 0.15) is 25.7 Å². The Labute approximate surface area is 98.0 Å². The summed E-state index contributed by atoms with van der Waals surface area (Å²) >= 11 is 0. The first-order chi connectivity index (χ1) is 7.66. The lowest BCUT2D eigenvalue weighted by Gasteiger charge is -2.28. The van der Waals surface area contributed by atoms with Crippen LogP contribution in [0.2, 0.25) is 0 Å². The van der Waals surface area contributed by atoms with E-state index in [1.54, 1.807) is 8.61 Å². The van der Waals surface area contributed by atoms with E-state index in [-0.39, 0.29) is 6.04 Å². The molecule has 0 radical (unpaired) electrons. The molecule has 1 atom stereocenters. The summed E-state index contributed by atoms with van der Waals surface area (Å²) in [5.41, 5.74) is 0.